The van der Waals surface area contributed by atoms with Crippen LogP contribution in [0.1, 0.15) is 218 Å². The van der Waals surface area contributed by atoms with E-state index in [0.29, 0.717) is 35.5 Å². The largest absolute Gasteiger partial charge is 0.310 e. The fraction of sp³-hybridized carbons (Fsp3) is 0.375. The Labute approximate surface area is 598 Å². The number of nitrogens with zero attached hydrogens (tertiary/aromatic N) is 1. The van der Waals surface area contributed by atoms with Gasteiger partial charge in [0.1, 0.15) is 0 Å². The lowest BCUT2D eigenvalue weighted by Crippen LogP contribution is -2.27. The Morgan fingerprint density at radius 2 is 0.490 bits per heavy atom. The van der Waals surface area contributed by atoms with Crippen molar-refractivity contribution in [2.24, 2.45) is 35.5 Å². The van der Waals surface area contributed by atoms with E-state index in [4.69, 9.17) is 0 Å². The van der Waals surface area contributed by atoms with Crippen molar-refractivity contribution in [3.8, 4) is 77.9 Å². The van der Waals surface area contributed by atoms with E-state index in [0.717, 1.165) is 25.7 Å². The van der Waals surface area contributed by atoms with Crippen LogP contribution in [0.2, 0.25) is 0 Å². The molecule has 0 fully saturated rings. The summed E-state index contributed by atoms with van der Waals surface area (Å²) in [4.78, 5) is 2.46. The van der Waals surface area contributed by atoms with Crippen LogP contribution in [0.25, 0.3) is 77.9 Å². The van der Waals surface area contributed by atoms with Crippen molar-refractivity contribution < 1.29 is 0 Å². The zero-order chi connectivity index (χ0) is 68.6. The third-order valence-electron chi connectivity index (χ3n) is 23.9. The van der Waals surface area contributed by atoms with E-state index >= 15 is 0 Å². The molecule has 0 unspecified atom stereocenters. The highest BCUT2D eigenvalue weighted by Crippen LogP contribution is 2.61. The van der Waals surface area contributed by atoms with E-state index in [1.54, 1.807) is 0 Å². The van der Waals surface area contributed by atoms with Gasteiger partial charge in [-0.15, -0.1) is 0 Å². The minimum atomic E-state index is -0.187. The minimum absolute atomic E-state index is 0.0129. The highest BCUT2D eigenvalue weighted by Gasteiger charge is 2.47. The van der Waals surface area contributed by atoms with Crippen LogP contribution in [0.15, 0.2) is 211 Å². The van der Waals surface area contributed by atoms with Crippen molar-refractivity contribution in [1.82, 2.24) is 0 Å². The molecule has 0 aromatic heterocycles. The number of anilines is 3. The summed E-state index contributed by atoms with van der Waals surface area (Å²) in [6.07, 6.45) is 13.9. The molecule has 10 aromatic rings. The SMILES string of the molecule is CC(C)CCC1(CCC(C)C)c2cc(Br)ccc2-c2ccc(-c3ccc4c(c3)C(C)(C)c3cc(-c5ccc6c(c5)C(CCC(C)C)(CCC(C)C)c5cc(-c7ccc8c(c7)C(CCC(C)C)(CCC(C)C)c7cc(N(c9ccccc9)c9ccccc9)ccc7-8)ccc5-6)ccc3-4)cc21. The molecule has 4 aliphatic carbocycles. The molecule has 0 amide bonds. The molecule has 0 bridgehead atoms. The lowest BCUT2D eigenvalue weighted by molar-refractivity contribution is 0.364. The molecule has 0 aliphatic heterocycles. The Bertz CT molecular complexity index is 4510. The average molecular weight is 1350 g/mol. The molecule has 0 atom stereocenters. The van der Waals surface area contributed by atoms with Crippen LogP contribution in [0, 0.1) is 35.5 Å². The Hall–Kier alpha value is -7.52. The number of fused-ring (bicyclic) bond motifs is 12. The summed E-state index contributed by atoms with van der Waals surface area (Å²) >= 11 is 3.93. The van der Waals surface area contributed by atoms with Crippen molar-refractivity contribution in [1.29, 1.82) is 0 Å². The molecule has 1 nitrogen and oxygen atoms in total. The molecule has 0 N–H and O–H groups in total. The number of para-hydroxylation sites is 2. The normalized spacial score (nSPS) is 15.2. The molecule has 2 heteroatoms. The summed E-state index contributed by atoms with van der Waals surface area (Å²) < 4.78 is 1.18. The maximum absolute atomic E-state index is 3.93. The van der Waals surface area contributed by atoms with Gasteiger partial charge in [0.05, 0.1) is 0 Å². The molecule has 0 heterocycles. The maximum atomic E-state index is 3.93. The van der Waals surface area contributed by atoms with E-state index in [1.807, 2.05) is 0 Å². The van der Waals surface area contributed by atoms with Gasteiger partial charge in [-0.25, -0.2) is 0 Å². The molecular formula is C96H106BrN. The average Bonchev–Trinajstić information content (AvgIpc) is 1.57. The van der Waals surface area contributed by atoms with Gasteiger partial charge in [0.2, 0.25) is 0 Å². The molecule has 10 aromatic carbocycles. The third kappa shape index (κ3) is 12.1. The number of halogens is 1. The summed E-state index contributed by atoms with van der Waals surface area (Å²) in [6, 6.07) is 81.8. The van der Waals surface area contributed by atoms with E-state index in [9.17, 15) is 0 Å². The van der Waals surface area contributed by atoms with Crippen LogP contribution in [0.5, 0.6) is 0 Å². The van der Waals surface area contributed by atoms with E-state index in [-0.39, 0.29) is 21.7 Å². The first-order valence-electron chi connectivity index (χ1n) is 37.8. The second-order valence-corrected chi connectivity index (χ2v) is 34.4. The second-order valence-electron chi connectivity index (χ2n) is 33.5. The van der Waals surface area contributed by atoms with Gasteiger partial charge in [0.25, 0.3) is 0 Å². The molecule has 0 saturated heterocycles. The fourth-order valence-corrected chi connectivity index (χ4v) is 18.6. The first kappa shape index (κ1) is 67.7. The number of hydrogen-bond donors (Lipinski definition) is 0. The van der Waals surface area contributed by atoms with Gasteiger partial charge in [-0.05, 0) is 320 Å². The van der Waals surface area contributed by atoms with Crippen molar-refractivity contribution in [2.75, 3.05) is 4.90 Å². The topological polar surface area (TPSA) is 3.24 Å². The molecule has 98 heavy (non-hydrogen) atoms. The van der Waals surface area contributed by atoms with Crippen molar-refractivity contribution in [2.45, 2.75) is 196 Å². The Kier molecular flexibility index (Phi) is 18.5. The fourth-order valence-electron chi connectivity index (χ4n) is 18.2. The van der Waals surface area contributed by atoms with E-state index < -0.39 is 0 Å². The zero-order valence-electron chi connectivity index (χ0n) is 61.4. The first-order valence-corrected chi connectivity index (χ1v) is 38.6. The number of benzene rings is 10. The minimum Gasteiger partial charge on any atom is -0.310 e. The molecule has 4 aliphatic rings. The lowest BCUT2D eigenvalue weighted by atomic mass is 9.68. The quantitative estimate of drug-likeness (QED) is 0.0583. The summed E-state index contributed by atoms with van der Waals surface area (Å²) in [6.45, 7) is 33.9. The molecule has 0 saturated carbocycles. The Morgan fingerprint density at radius 1 is 0.255 bits per heavy atom. The molecule has 0 spiro atoms. The van der Waals surface area contributed by atoms with Crippen LogP contribution >= 0.6 is 15.9 Å². The van der Waals surface area contributed by atoms with Crippen molar-refractivity contribution >= 4 is 33.0 Å². The van der Waals surface area contributed by atoms with E-state index in [2.05, 4.69) is 324 Å². The highest BCUT2D eigenvalue weighted by molar-refractivity contribution is 9.10. The van der Waals surface area contributed by atoms with Crippen molar-refractivity contribution in [3.05, 3.63) is 255 Å². The van der Waals surface area contributed by atoms with Crippen LogP contribution in [-0.2, 0) is 21.7 Å². The summed E-state index contributed by atoms with van der Waals surface area (Å²) in [5.41, 5.74) is 34.3. The van der Waals surface area contributed by atoms with Crippen LogP contribution < -0.4 is 4.90 Å². The van der Waals surface area contributed by atoms with Gasteiger partial charge < -0.3 is 4.90 Å². The van der Waals surface area contributed by atoms with Crippen LogP contribution in [0.3, 0.4) is 0 Å². The van der Waals surface area contributed by atoms with Gasteiger partial charge in [0.15, 0.2) is 0 Å². The summed E-state index contributed by atoms with van der Waals surface area (Å²) in [5, 5.41) is 0. The van der Waals surface area contributed by atoms with Crippen LogP contribution in [0.4, 0.5) is 17.1 Å². The lowest BCUT2D eigenvalue weighted by Gasteiger charge is -2.35. The number of hydrogen-bond acceptors (Lipinski definition) is 1. The third-order valence-corrected chi connectivity index (χ3v) is 24.4. The monoisotopic (exact) mass is 1350 g/mol. The maximum Gasteiger partial charge on any atom is 0.0465 e. The van der Waals surface area contributed by atoms with E-state index in [1.165, 1.54) is 195 Å². The molecule has 502 valence electrons. The number of rotatable bonds is 24. The molecule has 14 rings (SSSR count). The van der Waals surface area contributed by atoms with Gasteiger partial charge in [0, 0.05) is 43.2 Å². The smallest absolute Gasteiger partial charge is 0.0465 e. The molecule has 0 radical (unpaired) electrons. The van der Waals surface area contributed by atoms with Gasteiger partial charge >= 0.3 is 0 Å². The van der Waals surface area contributed by atoms with Gasteiger partial charge in [-0.2, -0.15) is 0 Å². The van der Waals surface area contributed by atoms with Gasteiger partial charge in [-0.1, -0.05) is 234 Å². The summed E-state index contributed by atoms with van der Waals surface area (Å²) in [5.74, 6) is 3.62. The zero-order valence-corrected chi connectivity index (χ0v) is 63.0. The molecular weight excluding hydrogens is 1250 g/mol. The van der Waals surface area contributed by atoms with Gasteiger partial charge in [-0.3, -0.25) is 0 Å². The standard InChI is InChI=1S/C96H106BrN/c1-61(2)41-47-94(48-42-62(3)4)87-55-69(67-25-33-77-78-34-26-68(54-86(78)93(13,14)85(77)53-67)70-28-37-81-83-39-31-73(97)59-91(83)95(89(81)56-70,49-43-63(5)6)50-44-64(7)8)27-35-79(87)80-36-29-71(57-88(80)94)72-30-38-82-84-40-32-76(98(74-21-17-15-18-22-74)75-23-19-16-20-24-75)60-92(84)96(90(82)58-72,51-45-65(9)10)52-46-66(11)12/h15-40,53-66H,41-52H2,1-14H3. The van der Waals surface area contributed by atoms with Crippen molar-refractivity contribution in [3.63, 3.8) is 0 Å². The predicted octanol–water partition coefficient (Wildman–Crippen LogP) is 28.6. The first-order chi connectivity index (χ1) is 47.1. The second kappa shape index (κ2) is 26.9. The van der Waals surface area contributed by atoms with Crippen LogP contribution in [-0.4, -0.2) is 0 Å². The summed E-state index contributed by atoms with van der Waals surface area (Å²) in [7, 11) is 0. The predicted molar refractivity (Wildman–Crippen MR) is 426 cm³/mol. The Morgan fingerprint density at radius 3 is 0.776 bits per heavy atom. The Balaban J connectivity index is 0.829. The highest BCUT2D eigenvalue weighted by atomic mass is 79.9.